The molecule has 0 aliphatic heterocycles. The first-order valence-corrected chi connectivity index (χ1v) is 5.07. The van der Waals surface area contributed by atoms with Crippen molar-refractivity contribution in [3.63, 3.8) is 0 Å². The van der Waals surface area contributed by atoms with Gasteiger partial charge in [-0.15, -0.1) is 0 Å². The summed E-state index contributed by atoms with van der Waals surface area (Å²) in [6, 6.07) is 6.66. The van der Waals surface area contributed by atoms with Crippen molar-refractivity contribution < 1.29 is 8.78 Å². The van der Waals surface area contributed by atoms with E-state index in [1.807, 2.05) is 0 Å². The number of halogens is 2. The molecule has 0 heterocycles. The third-order valence-corrected chi connectivity index (χ3v) is 2.36. The van der Waals surface area contributed by atoms with Crippen LogP contribution in [0.1, 0.15) is 37.8 Å². The van der Waals surface area contributed by atoms with Gasteiger partial charge >= 0.3 is 0 Å². The van der Waals surface area contributed by atoms with Gasteiger partial charge in [-0.2, -0.15) is 0 Å². The van der Waals surface area contributed by atoms with Crippen LogP contribution in [0.5, 0.6) is 0 Å². The summed E-state index contributed by atoms with van der Waals surface area (Å²) in [6.07, 6.45) is 1.86. The second-order valence-electron chi connectivity index (χ2n) is 3.50. The van der Waals surface area contributed by atoms with Gasteiger partial charge in [0.1, 0.15) is 0 Å². The molecule has 78 valence electrons. The second kappa shape index (κ2) is 4.54. The van der Waals surface area contributed by atoms with E-state index in [-0.39, 0.29) is 12.0 Å². The fourth-order valence-corrected chi connectivity index (χ4v) is 1.41. The molecule has 1 rings (SSSR count). The Balaban J connectivity index is 2.82. The number of benzene rings is 1. The van der Waals surface area contributed by atoms with Gasteiger partial charge in [0.15, 0.2) is 0 Å². The van der Waals surface area contributed by atoms with Crippen LogP contribution in [0.2, 0.25) is 0 Å². The van der Waals surface area contributed by atoms with Gasteiger partial charge in [0.05, 0.1) is 0 Å². The van der Waals surface area contributed by atoms with Gasteiger partial charge in [0.2, 0.25) is 0 Å². The molecule has 0 atom stereocenters. The molecule has 0 aromatic heterocycles. The lowest BCUT2D eigenvalue weighted by atomic mass is 10.0. The SMILES string of the molecule is CCCc1ccc(C(F)(F)CC)cc1. The molecule has 1 aromatic carbocycles. The van der Waals surface area contributed by atoms with E-state index in [1.54, 1.807) is 12.1 Å². The number of hydrogen-bond acceptors (Lipinski definition) is 0. The zero-order chi connectivity index (χ0) is 10.6. The molecule has 0 nitrogen and oxygen atoms in total. The standard InChI is InChI=1S/C12H16F2/c1-3-5-10-6-8-11(9-7-10)12(13,14)4-2/h6-9H,3-5H2,1-2H3. The van der Waals surface area contributed by atoms with Crippen LogP contribution in [0.3, 0.4) is 0 Å². The Kier molecular flexibility index (Phi) is 3.62. The Labute approximate surface area is 84.0 Å². The van der Waals surface area contributed by atoms with Gasteiger partial charge in [0.25, 0.3) is 5.92 Å². The largest absolute Gasteiger partial charge is 0.273 e. The maximum atomic E-state index is 13.2. The predicted octanol–water partition coefficient (Wildman–Crippen LogP) is 4.14. The number of aryl methyl sites for hydroxylation is 1. The highest BCUT2D eigenvalue weighted by Gasteiger charge is 2.28. The summed E-state index contributed by atoms with van der Waals surface area (Å²) in [7, 11) is 0. The summed E-state index contributed by atoms with van der Waals surface area (Å²) in [5.74, 6) is -2.68. The smallest absolute Gasteiger partial charge is 0.201 e. The van der Waals surface area contributed by atoms with Crippen LogP contribution in [0.15, 0.2) is 24.3 Å². The summed E-state index contributed by atoms with van der Waals surface area (Å²) in [6.45, 7) is 3.58. The van der Waals surface area contributed by atoms with E-state index in [0.717, 1.165) is 18.4 Å². The first-order valence-electron chi connectivity index (χ1n) is 5.07. The van der Waals surface area contributed by atoms with E-state index < -0.39 is 5.92 Å². The van der Waals surface area contributed by atoms with E-state index >= 15 is 0 Å². The van der Waals surface area contributed by atoms with Gasteiger partial charge in [-0.05, 0) is 12.0 Å². The molecule has 0 unspecified atom stereocenters. The highest BCUT2D eigenvalue weighted by Crippen LogP contribution is 2.31. The second-order valence-corrected chi connectivity index (χ2v) is 3.50. The van der Waals surface area contributed by atoms with Crippen LogP contribution < -0.4 is 0 Å². The molecule has 0 saturated heterocycles. The summed E-state index contributed by atoms with van der Waals surface area (Å²) >= 11 is 0. The van der Waals surface area contributed by atoms with Crippen LogP contribution in [0, 0.1) is 0 Å². The van der Waals surface area contributed by atoms with E-state index in [4.69, 9.17) is 0 Å². The summed E-state index contributed by atoms with van der Waals surface area (Å²) < 4.78 is 26.4. The minimum Gasteiger partial charge on any atom is -0.201 e. The van der Waals surface area contributed by atoms with E-state index in [9.17, 15) is 8.78 Å². The van der Waals surface area contributed by atoms with Gasteiger partial charge < -0.3 is 0 Å². The normalized spacial score (nSPS) is 11.7. The van der Waals surface area contributed by atoms with Crippen LogP contribution in [0.4, 0.5) is 8.78 Å². The van der Waals surface area contributed by atoms with E-state index in [0.29, 0.717) is 0 Å². The maximum Gasteiger partial charge on any atom is 0.273 e. The molecular weight excluding hydrogens is 182 g/mol. The summed E-state index contributed by atoms with van der Waals surface area (Å²) in [4.78, 5) is 0. The predicted molar refractivity (Wildman–Crippen MR) is 54.6 cm³/mol. The third kappa shape index (κ3) is 2.53. The maximum absolute atomic E-state index is 13.2. The van der Waals surface area contributed by atoms with Crippen LogP contribution in [-0.4, -0.2) is 0 Å². The molecule has 0 spiro atoms. The lowest BCUT2D eigenvalue weighted by Gasteiger charge is -2.14. The fourth-order valence-electron chi connectivity index (χ4n) is 1.41. The topological polar surface area (TPSA) is 0 Å². The minimum atomic E-state index is -2.68. The minimum absolute atomic E-state index is 0.125. The first kappa shape index (κ1) is 11.2. The monoisotopic (exact) mass is 198 g/mol. The van der Waals surface area contributed by atoms with E-state index in [2.05, 4.69) is 6.92 Å². The first-order chi connectivity index (χ1) is 6.60. The third-order valence-electron chi connectivity index (χ3n) is 2.36. The van der Waals surface area contributed by atoms with Crippen molar-refractivity contribution >= 4 is 0 Å². The molecule has 0 radical (unpaired) electrons. The van der Waals surface area contributed by atoms with Crippen molar-refractivity contribution in [1.82, 2.24) is 0 Å². The lowest BCUT2D eigenvalue weighted by molar-refractivity contribution is -0.00829. The van der Waals surface area contributed by atoms with Crippen molar-refractivity contribution in [2.24, 2.45) is 0 Å². The van der Waals surface area contributed by atoms with Crippen molar-refractivity contribution in [2.75, 3.05) is 0 Å². The molecule has 0 amide bonds. The van der Waals surface area contributed by atoms with Gasteiger partial charge in [-0.1, -0.05) is 44.5 Å². The molecule has 2 heteroatoms. The van der Waals surface area contributed by atoms with Crippen molar-refractivity contribution in [1.29, 1.82) is 0 Å². The average molecular weight is 198 g/mol. The average Bonchev–Trinajstić information content (AvgIpc) is 2.19. The van der Waals surface area contributed by atoms with Gasteiger partial charge in [0, 0.05) is 12.0 Å². The fraction of sp³-hybridized carbons (Fsp3) is 0.500. The Hall–Kier alpha value is -0.920. The number of rotatable bonds is 4. The molecule has 14 heavy (non-hydrogen) atoms. The molecule has 0 saturated carbocycles. The highest BCUT2D eigenvalue weighted by molar-refractivity contribution is 5.25. The number of hydrogen-bond donors (Lipinski definition) is 0. The summed E-state index contributed by atoms with van der Waals surface area (Å²) in [5.41, 5.74) is 1.25. The Morgan fingerprint density at radius 3 is 2.07 bits per heavy atom. The molecule has 0 bridgehead atoms. The highest BCUT2D eigenvalue weighted by atomic mass is 19.3. The molecule has 0 fully saturated rings. The molecule has 0 aliphatic rings. The lowest BCUT2D eigenvalue weighted by Crippen LogP contribution is -2.11. The van der Waals surface area contributed by atoms with Crippen LogP contribution in [0.25, 0.3) is 0 Å². The van der Waals surface area contributed by atoms with Crippen molar-refractivity contribution in [3.8, 4) is 0 Å². The van der Waals surface area contributed by atoms with Crippen LogP contribution >= 0.6 is 0 Å². The molecular formula is C12H16F2. The molecule has 1 aromatic rings. The van der Waals surface area contributed by atoms with Gasteiger partial charge in [-0.3, -0.25) is 0 Å². The number of alkyl halides is 2. The Morgan fingerprint density at radius 2 is 1.64 bits per heavy atom. The van der Waals surface area contributed by atoms with Crippen LogP contribution in [-0.2, 0) is 12.3 Å². The molecule has 0 N–H and O–H groups in total. The van der Waals surface area contributed by atoms with Gasteiger partial charge in [-0.25, -0.2) is 8.78 Å². The Morgan fingerprint density at radius 1 is 1.07 bits per heavy atom. The molecule has 0 aliphatic carbocycles. The summed E-state index contributed by atoms with van der Waals surface area (Å²) in [5, 5.41) is 0. The van der Waals surface area contributed by atoms with E-state index in [1.165, 1.54) is 19.1 Å². The quantitative estimate of drug-likeness (QED) is 0.682. The zero-order valence-electron chi connectivity index (χ0n) is 8.69. The zero-order valence-corrected chi connectivity index (χ0v) is 8.69. The van der Waals surface area contributed by atoms with Crippen molar-refractivity contribution in [3.05, 3.63) is 35.4 Å². The van der Waals surface area contributed by atoms with Crippen molar-refractivity contribution in [2.45, 2.75) is 39.0 Å². The Bertz CT molecular complexity index is 275.